The number of nitrogens with one attached hydrogen (secondary N) is 2. The third-order valence-electron chi connectivity index (χ3n) is 5.76. The Kier molecular flexibility index (Phi) is 5.71. The number of aromatic nitrogens is 2. The molecule has 2 N–H and O–H groups in total. The van der Waals surface area contributed by atoms with Gasteiger partial charge in [-0.2, -0.15) is 0 Å². The van der Waals surface area contributed by atoms with Crippen molar-refractivity contribution >= 4 is 22.7 Å². The maximum atomic E-state index is 13.0. The molecule has 0 aliphatic heterocycles. The number of carbonyl (C=O) groups is 2. The zero-order valence-corrected chi connectivity index (χ0v) is 17.8. The summed E-state index contributed by atoms with van der Waals surface area (Å²) in [6.45, 7) is 6.17. The number of nitrogens with zero attached hydrogens (tertiary/aromatic N) is 1. The number of imidazole rings is 1. The Morgan fingerprint density at radius 2 is 1.97 bits per heavy atom. The third-order valence-corrected chi connectivity index (χ3v) is 5.76. The van der Waals surface area contributed by atoms with E-state index >= 15 is 0 Å². The van der Waals surface area contributed by atoms with Gasteiger partial charge in [-0.3, -0.25) is 9.59 Å². The van der Waals surface area contributed by atoms with Gasteiger partial charge in [0.25, 0.3) is 0 Å². The quantitative estimate of drug-likeness (QED) is 0.588. The van der Waals surface area contributed by atoms with Crippen LogP contribution in [0.3, 0.4) is 0 Å². The van der Waals surface area contributed by atoms with Crippen LogP contribution in [0.1, 0.15) is 49.6 Å². The molecule has 0 spiro atoms. The summed E-state index contributed by atoms with van der Waals surface area (Å²) in [7, 11) is 0. The number of fused-ring (bicyclic) bond motifs is 1. The fraction of sp³-hybridized carbons (Fsp3) is 0.400. The monoisotopic (exact) mass is 403 g/mol. The molecule has 4 rings (SSSR count). The maximum Gasteiger partial charge on any atom is 0.224 e. The number of aromatic amines is 1. The molecule has 0 saturated heterocycles. The average molecular weight is 404 g/mol. The number of aryl methyl sites for hydroxylation is 1. The minimum atomic E-state index is -0.449. The predicted octanol–water partition coefficient (Wildman–Crippen LogP) is 4.32. The van der Waals surface area contributed by atoms with Gasteiger partial charge in [0.2, 0.25) is 5.91 Å². The highest BCUT2D eigenvalue weighted by molar-refractivity contribution is 5.92. The van der Waals surface area contributed by atoms with Gasteiger partial charge in [0.15, 0.2) is 5.78 Å². The topological polar surface area (TPSA) is 74.8 Å². The highest BCUT2D eigenvalue weighted by atomic mass is 16.2. The molecule has 1 aliphatic carbocycles. The number of Topliss-reactive ketones (excluding diaryl/α,β-unsaturated/α-hetero) is 1. The molecule has 5 nitrogen and oxygen atoms in total. The van der Waals surface area contributed by atoms with Crippen molar-refractivity contribution < 1.29 is 9.59 Å². The molecule has 1 fully saturated rings. The summed E-state index contributed by atoms with van der Waals surface area (Å²) < 4.78 is 0. The molecule has 3 aromatic rings. The van der Waals surface area contributed by atoms with E-state index in [1.807, 2.05) is 55.5 Å². The lowest BCUT2D eigenvalue weighted by Crippen LogP contribution is -2.43. The molecule has 5 heteroatoms. The number of carbonyl (C=O) groups excluding carboxylic acids is 2. The summed E-state index contributed by atoms with van der Waals surface area (Å²) in [5, 5.41) is 3.05. The van der Waals surface area contributed by atoms with Gasteiger partial charge in [-0.15, -0.1) is 0 Å². The summed E-state index contributed by atoms with van der Waals surface area (Å²) in [6, 6.07) is 15.4. The molecular weight excluding hydrogens is 374 g/mol. The van der Waals surface area contributed by atoms with Gasteiger partial charge in [0.1, 0.15) is 5.82 Å². The van der Waals surface area contributed by atoms with Crippen LogP contribution in [0.25, 0.3) is 11.0 Å². The van der Waals surface area contributed by atoms with Crippen LogP contribution >= 0.6 is 0 Å². The van der Waals surface area contributed by atoms with Crippen molar-refractivity contribution in [3.05, 3.63) is 65.5 Å². The van der Waals surface area contributed by atoms with Gasteiger partial charge in [0.05, 0.1) is 17.1 Å². The molecule has 1 amide bonds. The normalized spacial score (nSPS) is 19.1. The van der Waals surface area contributed by atoms with Crippen molar-refractivity contribution in [2.24, 2.45) is 11.8 Å². The van der Waals surface area contributed by atoms with Crippen molar-refractivity contribution in [1.29, 1.82) is 0 Å². The lowest BCUT2D eigenvalue weighted by Gasteiger charge is -2.20. The molecule has 3 atom stereocenters. The number of amides is 1. The Bertz CT molecular complexity index is 1040. The lowest BCUT2D eigenvalue weighted by atomic mass is 9.95. The second-order valence-corrected chi connectivity index (χ2v) is 8.91. The largest absolute Gasteiger partial charge is 0.346 e. The first-order valence-electron chi connectivity index (χ1n) is 10.7. The van der Waals surface area contributed by atoms with E-state index in [2.05, 4.69) is 29.1 Å². The second kappa shape index (κ2) is 8.42. The fourth-order valence-corrected chi connectivity index (χ4v) is 4.10. The van der Waals surface area contributed by atoms with Crippen molar-refractivity contribution in [2.75, 3.05) is 0 Å². The van der Waals surface area contributed by atoms with Gasteiger partial charge in [-0.05, 0) is 43.4 Å². The SMILES string of the molecule is Cc1cccc(CC(=O)[C@@H](CC(C)C)NC(=O)[C@H]2C[C@@H]2c2nc3ccccc3[nH]2)c1. The Morgan fingerprint density at radius 1 is 1.17 bits per heavy atom. The summed E-state index contributed by atoms with van der Waals surface area (Å²) in [5.41, 5.74) is 4.04. The van der Waals surface area contributed by atoms with Gasteiger partial charge in [0, 0.05) is 18.3 Å². The highest BCUT2D eigenvalue weighted by Gasteiger charge is 2.46. The molecular formula is C25H29N3O2. The second-order valence-electron chi connectivity index (χ2n) is 8.91. The van der Waals surface area contributed by atoms with Crippen molar-refractivity contribution in [1.82, 2.24) is 15.3 Å². The number of rotatable bonds is 8. The number of benzene rings is 2. The van der Waals surface area contributed by atoms with Gasteiger partial charge in [-0.25, -0.2) is 4.98 Å². The third kappa shape index (κ3) is 4.61. The molecule has 1 saturated carbocycles. The van der Waals surface area contributed by atoms with Gasteiger partial charge < -0.3 is 10.3 Å². The van der Waals surface area contributed by atoms with Crippen molar-refractivity contribution in [2.45, 2.75) is 52.0 Å². The van der Waals surface area contributed by atoms with Crippen LogP contribution in [0.2, 0.25) is 0 Å². The first kappa shape index (κ1) is 20.3. The van der Waals surface area contributed by atoms with Crippen LogP contribution < -0.4 is 5.32 Å². The maximum absolute atomic E-state index is 13.0. The van der Waals surface area contributed by atoms with Crippen LogP contribution in [0.15, 0.2) is 48.5 Å². The molecule has 0 radical (unpaired) electrons. The number of hydrogen-bond acceptors (Lipinski definition) is 3. The van der Waals surface area contributed by atoms with Gasteiger partial charge >= 0.3 is 0 Å². The molecule has 0 bridgehead atoms. The van der Waals surface area contributed by atoms with E-state index in [1.165, 1.54) is 0 Å². The summed E-state index contributed by atoms with van der Waals surface area (Å²) in [4.78, 5) is 33.8. The molecule has 156 valence electrons. The van der Waals surface area contributed by atoms with Crippen LogP contribution in [0.4, 0.5) is 0 Å². The number of ketones is 1. The van der Waals surface area contributed by atoms with Crippen LogP contribution in [-0.2, 0) is 16.0 Å². The van der Waals surface area contributed by atoms with Crippen molar-refractivity contribution in [3.8, 4) is 0 Å². The summed E-state index contributed by atoms with van der Waals surface area (Å²) in [6.07, 6.45) is 1.77. The van der Waals surface area contributed by atoms with E-state index in [9.17, 15) is 9.59 Å². The van der Waals surface area contributed by atoms with E-state index in [0.29, 0.717) is 18.8 Å². The van der Waals surface area contributed by atoms with Crippen LogP contribution in [0, 0.1) is 18.8 Å². The summed E-state index contributed by atoms with van der Waals surface area (Å²) in [5.74, 6) is 1.20. The molecule has 0 unspecified atom stereocenters. The lowest BCUT2D eigenvalue weighted by molar-refractivity contribution is -0.128. The fourth-order valence-electron chi connectivity index (χ4n) is 4.10. The first-order valence-corrected chi connectivity index (χ1v) is 10.7. The minimum Gasteiger partial charge on any atom is -0.346 e. The predicted molar refractivity (Wildman–Crippen MR) is 118 cm³/mol. The van der Waals surface area contributed by atoms with E-state index in [-0.39, 0.29) is 23.5 Å². The average Bonchev–Trinajstić information content (AvgIpc) is 3.38. The smallest absolute Gasteiger partial charge is 0.224 e. The highest BCUT2D eigenvalue weighted by Crippen LogP contribution is 2.46. The number of hydrogen-bond donors (Lipinski definition) is 2. The Hall–Kier alpha value is -2.95. The number of H-pyrrole nitrogens is 1. The van der Waals surface area contributed by atoms with Gasteiger partial charge in [-0.1, -0.05) is 55.8 Å². The molecule has 1 heterocycles. The van der Waals surface area contributed by atoms with Crippen molar-refractivity contribution in [3.63, 3.8) is 0 Å². The first-order chi connectivity index (χ1) is 14.4. The van der Waals surface area contributed by atoms with Crippen LogP contribution in [-0.4, -0.2) is 27.7 Å². The van der Waals surface area contributed by atoms with Crippen LogP contribution in [0.5, 0.6) is 0 Å². The molecule has 1 aromatic heterocycles. The zero-order valence-electron chi connectivity index (χ0n) is 17.8. The van der Waals surface area contributed by atoms with E-state index in [1.54, 1.807) is 0 Å². The molecule has 1 aliphatic rings. The number of para-hydroxylation sites is 2. The minimum absolute atomic E-state index is 0.0382. The van der Waals surface area contributed by atoms with E-state index in [0.717, 1.165) is 34.4 Å². The van der Waals surface area contributed by atoms with E-state index < -0.39 is 6.04 Å². The Balaban J connectivity index is 1.41. The Labute approximate surface area is 177 Å². The Morgan fingerprint density at radius 3 is 2.70 bits per heavy atom. The molecule has 30 heavy (non-hydrogen) atoms. The standard InChI is InChI=1S/C25H29N3O2/c1-15(2)11-22(23(29)13-17-8-6-7-16(3)12-17)28-25(30)19-14-18(19)24-26-20-9-4-5-10-21(20)27-24/h4-10,12,15,18-19,22H,11,13-14H2,1-3H3,(H,26,27)(H,28,30)/t18-,19-,22+/m0/s1. The van der Waals surface area contributed by atoms with E-state index in [4.69, 9.17) is 0 Å². The molecule has 2 aromatic carbocycles. The zero-order chi connectivity index (χ0) is 21.3. The summed E-state index contributed by atoms with van der Waals surface area (Å²) >= 11 is 0.